The second-order valence-corrected chi connectivity index (χ2v) is 6.82. The van der Waals surface area contributed by atoms with Crippen LogP contribution in [0.3, 0.4) is 0 Å². The summed E-state index contributed by atoms with van der Waals surface area (Å²) in [4.78, 5) is 6.19. The number of anilines is 1. The number of halogens is 5. The van der Waals surface area contributed by atoms with E-state index in [0.717, 1.165) is 38.1 Å². The minimum absolute atomic E-state index is 0.0442. The van der Waals surface area contributed by atoms with E-state index in [0.29, 0.717) is 5.69 Å². The summed E-state index contributed by atoms with van der Waals surface area (Å²) >= 11 is 11.8. The van der Waals surface area contributed by atoms with Gasteiger partial charge in [-0.1, -0.05) is 23.2 Å². The first-order valence-corrected chi connectivity index (χ1v) is 8.69. The van der Waals surface area contributed by atoms with Crippen LogP contribution in [0, 0.1) is 0 Å². The maximum atomic E-state index is 13.1. The fourth-order valence-electron chi connectivity index (χ4n) is 2.85. The van der Waals surface area contributed by atoms with Crippen LogP contribution in [0.4, 0.5) is 24.5 Å². The molecule has 2 aromatic rings. The zero-order valence-corrected chi connectivity index (χ0v) is 15.0. The van der Waals surface area contributed by atoms with Gasteiger partial charge < -0.3 is 10.0 Å². The lowest BCUT2D eigenvalue weighted by molar-refractivity contribution is -0.137. The van der Waals surface area contributed by atoms with Gasteiger partial charge in [0, 0.05) is 29.9 Å². The highest BCUT2D eigenvalue weighted by molar-refractivity contribution is 6.36. The SMILES string of the molecule is Oc1c(Cl)cc(Cl)cc1C=Nc1cc(C(F)(F)F)ccc1N1CCCC1. The number of hydrogen-bond acceptors (Lipinski definition) is 3. The summed E-state index contributed by atoms with van der Waals surface area (Å²) in [6.07, 6.45) is -1.23. The van der Waals surface area contributed by atoms with Gasteiger partial charge >= 0.3 is 6.18 Å². The van der Waals surface area contributed by atoms with Crippen LogP contribution in [0.1, 0.15) is 24.0 Å². The Bertz CT molecular complexity index is 847. The zero-order valence-electron chi connectivity index (χ0n) is 13.5. The van der Waals surface area contributed by atoms with E-state index in [2.05, 4.69) is 4.99 Å². The van der Waals surface area contributed by atoms with E-state index in [-0.39, 0.29) is 27.0 Å². The monoisotopic (exact) mass is 402 g/mol. The zero-order chi connectivity index (χ0) is 18.9. The maximum Gasteiger partial charge on any atom is 0.416 e. The summed E-state index contributed by atoms with van der Waals surface area (Å²) in [6.45, 7) is 1.53. The van der Waals surface area contributed by atoms with Crippen molar-refractivity contribution in [2.24, 2.45) is 4.99 Å². The molecule has 0 saturated carbocycles. The average molecular weight is 403 g/mol. The highest BCUT2D eigenvalue weighted by atomic mass is 35.5. The highest BCUT2D eigenvalue weighted by Crippen LogP contribution is 2.38. The molecule has 0 radical (unpaired) electrons. The van der Waals surface area contributed by atoms with Crippen LogP contribution in [-0.4, -0.2) is 24.4 Å². The van der Waals surface area contributed by atoms with Crippen LogP contribution in [0.2, 0.25) is 10.0 Å². The van der Waals surface area contributed by atoms with Crippen molar-refractivity contribution in [2.75, 3.05) is 18.0 Å². The van der Waals surface area contributed by atoms with Gasteiger partial charge in [0.05, 0.1) is 22.0 Å². The molecule has 1 aliphatic rings. The Hall–Kier alpha value is -1.92. The number of aromatic hydroxyl groups is 1. The summed E-state index contributed by atoms with van der Waals surface area (Å²) in [7, 11) is 0. The molecule has 2 aromatic carbocycles. The molecule has 1 fully saturated rings. The Balaban J connectivity index is 2.04. The number of aliphatic imine (C=N–C) groups is 1. The number of phenolic OH excluding ortho intramolecular Hbond substituents is 1. The topological polar surface area (TPSA) is 35.8 Å². The van der Waals surface area contributed by atoms with Gasteiger partial charge in [0.2, 0.25) is 0 Å². The van der Waals surface area contributed by atoms with E-state index >= 15 is 0 Å². The summed E-state index contributed by atoms with van der Waals surface area (Å²) < 4.78 is 39.2. The molecule has 3 nitrogen and oxygen atoms in total. The van der Waals surface area contributed by atoms with Gasteiger partial charge in [-0.3, -0.25) is 4.99 Å². The number of nitrogens with zero attached hydrogens (tertiary/aromatic N) is 2. The van der Waals surface area contributed by atoms with E-state index in [9.17, 15) is 18.3 Å². The number of rotatable bonds is 3. The average Bonchev–Trinajstić information content (AvgIpc) is 3.10. The van der Waals surface area contributed by atoms with Crippen LogP contribution in [-0.2, 0) is 6.18 Å². The Morgan fingerprint density at radius 1 is 1.08 bits per heavy atom. The molecule has 26 heavy (non-hydrogen) atoms. The first-order valence-electron chi connectivity index (χ1n) is 7.94. The fraction of sp³-hybridized carbons (Fsp3) is 0.278. The summed E-state index contributed by atoms with van der Waals surface area (Å²) in [6, 6.07) is 6.31. The Morgan fingerprint density at radius 2 is 1.77 bits per heavy atom. The lowest BCUT2D eigenvalue weighted by Gasteiger charge is -2.20. The summed E-state index contributed by atoms with van der Waals surface area (Å²) in [5.74, 6) is -0.227. The Morgan fingerprint density at radius 3 is 2.42 bits per heavy atom. The predicted octanol–water partition coefficient (Wildman–Crippen LogP) is 6.07. The number of alkyl halides is 3. The van der Waals surface area contributed by atoms with E-state index in [4.69, 9.17) is 23.2 Å². The minimum atomic E-state index is -4.46. The molecule has 0 bridgehead atoms. The molecule has 0 aromatic heterocycles. The summed E-state index contributed by atoms with van der Waals surface area (Å²) in [5.41, 5.74) is 0.254. The van der Waals surface area contributed by atoms with Crippen molar-refractivity contribution >= 4 is 40.8 Å². The van der Waals surface area contributed by atoms with Gasteiger partial charge in [-0.25, -0.2) is 0 Å². The maximum absolute atomic E-state index is 13.1. The van der Waals surface area contributed by atoms with Crippen LogP contribution in [0.25, 0.3) is 0 Å². The molecule has 0 unspecified atom stereocenters. The van der Waals surface area contributed by atoms with Crippen LogP contribution < -0.4 is 4.90 Å². The fourth-order valence-corrected chi connectivity index (χ4v) is 3.36. The quantitative estimate of drug-likeness (QED) is 0.632. The minimum Gasteiger partial charge on any atom is -0.506 e. The predicted molar refractivity (Wildman–Crippen MR) is 98.3 cm³/mol. The lowest BCUT2D eigenvalue weighted by Crippen LogP contribution is -2.18. The first-order chi connectivity index (χ1) is 12.3. The normalized spacial score (nSPS) is 15.2. The Labute approximate surface area is 158 Å². The van der Waals surface area contributed by atoms with E-state index < -0.39 is 11.7 Å². The van der Waals surface area contributed by atoms with Gasteiger partial charge in [-0.05, 0) is 43.2 Å². The summed E-state index contributed by atoms with van der Waals surface area (Å²) in [5, 5.41) is 10.3. The molecule has 0 amide bonds. The molecule has 1 aliphatic heterocycles. The number of phenols is 1. The molecular formula is C18H15Cl2F3N2O. The van der Waals surface area contributed by atoms with Gasteiger partial charge in [0.15, 0.2) is 0 Å². The molecule has 0 spiro atoms. The van der Waals surface area contributed by atoms with E-state index in [1.54, 1.807) is 0 Å². The molecule has 1 heterocycles. The van der Waals surface area contributed by atoms with Gasteiger partial charge in [0.25, 0.3) is 0 Å². The molecule has 8 heteroatoms. The van der Waals surface area contributed by atoms with Gasteiger partial charge in [-0.15, -0.1) is 0 Å². The van der Waals surface area contributed by atoms with Gasteiger partial charge in [-0.2, -0.15) is 13.2 Å². The number of benzene rings is 2. The third-order valence-corrected chi connectivity index (χ3v) is 4.66. The van der Waals surface area contributed by atoms with Crippen molar-refractivity contribution in [2.45, 2.75) is 19.0 Å². The molecule has 3 rings (SSSR count). The molecule has 0 aliphatic carbocycles. The van der Waals surface area contributed by atoms with Crippen LogP contribution in [0.5, 0.6) is 5.75 Å². The van der Waals surface area contributed by atoms with Crippen molar-refractivity contribution in [1.82, 2.24) is 0 Å². The van der Waals surface area contributed by atoms with E-state index in [1.807, 2.05) is 4.90 Å². The van der Waals surface area contributed by atoms with Crippen molar-refractivity contribution in [3.8, 4) is 5.75 Å². The van der Waals surface area contributed by atoms with E-state index in [1.165, 1.54) is 24.4 Å². The van der Waals surface area contributed by atoms with Crippen LogP contribution >= 0.6 is 23.2 Å². The third-order valence-electron chi connectivity index (χ3n) is 4.15. The van der Waals surface area contributed by atoms with Crippen LogP contribution in [0.15, 0.2) is 35.3 Å². The Kier molecular flexibility index (Phi) is 5.34. The smallest absolute Gasteiger partial charge is 0.416 e. The standard InChI is InChI=1S/C18H15Cl2F3N2O/c19-13-7-11(17(26)14(20)9-13)10-24-15-8-12(18(21,22)23)3-4-16(15)25-5-1-2-6-25/h3-4,7-10,26H,1-2,5-6H2. The lowest BCUT2D eigenvalue weighted by atomic mass is 10.1. The molecule has 1 N–H and O–H groups in total. The van der Waals surface area contributed by atoms with Crippen molar-refractivity contribution in [3.05, 3.63) is 51.5 Å². The molecule has 1 saturated heterocycles. The third kappa shape index (κ3) is 4.07. The molecule has 138 valence electrons. The van der Waals surface area contributed by atoms with Gasteiger partial charge in [0.1, 0.15) is 5.75 Å². The van der Waals surface area contributed by atoms with Crippen molar-refractivity contribution < 1.29 is 18.3 Å². The van der Waals surface area contributed by atoms with Crippen molar-refractivity contribution in [1.29, 1.82) is 0 Å². The second-order valence-electron chi connectivity index (χ2n) is 5.98. The van der Waals surface area contributed by atoms with Crippen molar-refractivity contribution in [3.63, 3.8) is 0 Å². The largest absolute Gasteiger partial charge is 0.506 e. The molecular weight excluding hydrogens is 388 g/mol. The number of hydrogen-bond donors (Lipinski definition) is 1. The molecule has 0 atom stereocenters. The second kappa shape index (κ2) is 7.37. The highest BCUT2D eigenvalue weighted by Gasteiger charge is 2.31. The first kappa shape index (κ1) is 18.9.